The third-order valence-corrected chi connectivity index (χ3v) is 2.49. The summed E-state index contributed by atoms with van der Waals surface area (Å²) in [7, 11) is 2.14. The number of nitrogens with zero attached hydrogens (tertiary/aromatic N) is 1. The number of rotatable bonds is 0. The molecule has 1 radical (unpaired) electrons. The van der Waals surface area contributed by atoms with Gasteiger partial charge in [-0.3, -0.25) is 0 Å². The Morgan fingerprint density at radius 1 is 1.38 bits per heavy atom. The Morgan fingerprint density at radius 2 is 2.15 bits per heavy atom. The molecule has 2 nitrogen and oxygen atoms in total. The van der Waals surface area contributed by atoms with Gasteiger partial charge in [0, 0.05) is 48.3 Å². The molecular weight excluding hydrogens is 171 g/mol. The summed E-state index contributed by atoms with van der Waals surface area (Å²) in [6.45, 7) is 2.17. The van der Waals surface area contributed by atoms with Crippen molar-refractivity contribution in [3.05, 3.63) is 29.3 Å². The molecule has 0 aromatic heterocycles. The average molecular weight is 185 g/mol. The summed E-state index contributed by atoms with van der Waals surface area (Å²) in [6.07, 6.45) is 1.10. The van der Waals surface area contributed by atoms with Gasteiger partial charge in [0.15, 0.2) is 0 Å². The van der Waals surface area contributed by atoms with Crippen LogP contribution in [0.1, 0.15) is 11.1 Å². The van der Waals surface area contributed by atoms with Crippen molar-refractivity contribution in [3.8, 4) is 0 Å². The molecule has 0 aliphatic carbocycles. The summed E-state index contributed by atoms with van der Waals surface area (Å²) in [6, 6.07) is 6.19. The minimum absolute atomic E-state index is 0. The van der Waals surface area contributed by atoms with Crippen LogP contribution in [0.5, 0.6) is 0 Å². The van der Waals surface area contributed by atoms with E-state index in [-0.39, 0.29) is 29.6 Å². The van der Waals surface area contributed by atoms with Crippen molar-refractivity contribution in [2.45, 2.75) is 13.0 Å². The first-order valence-electron chi connectivity index (χ1n) is 4.32. The fraction of sp³-hybridized carbons (Fsp3) is 0.400. The van der Waals surface area contributed by atoms with Crippen molar-refractivity contribution in [1.82, 2.24) is 4.90 Å². The second-order valence-corrected chi connectivity index (χ2v) is 3.47. The summed E-state index contributed by atoms with van der Waals surface area (Å²) in [4.78, 5) is 2.32. The monoisotopic (exact) mass is 185 g/mol. The molecule has 0 saturated carbocycles. The van der Waals surface area contributed by atoms with Crippen molar-refractivity contribution >= 4 is 35.2 Å². The minimum Gasteiger partial charge on any atom is -0.398 e. The molecule has 0 amide bonds. The molecule has 2 rings (SSSR count). The maximum absolute atomic E-state index is 5.87. The van der Waals surface area contributed by atoms with E-state index in [0.29, 0.717) is 0 Å². The summed E-state index contributed by atoms with van der Waals surface area (Å²) < 4.78 is 0. The van der Waals surface area contributed by atoms with E-state index < -0.39 is 0 Å². The summed E-state index contributed by atoms with van der Waals surface area (Å²) >= 11 is 0. The summed E-state index contributed by atoms with van der Waals surface area (Å²) in [5.41, 5.74) is 9.58. The van der Waals surface area contributed by atoms with Gasteiger partial charge >= 0.3 is 0 Å². The van der Waals surface area contributed by atoms with Gasteiger partial charge in [0.1, 0.15) is 0 Å². The van der Waals surface area contributed by atoms with Crippen LogP contribution in [-0.4, -0.2) is 48.0 Å². The van der Waals surface area contributed by atoms with E-state index in [1.807, 2.05) is 12.1 Å². The first-order valence-corrected chi connectivity index (χ1v) is 4.32. The number of nitrogens with two attached hydrogens (primary N) is 1. The zero-order chi connectivity index (χ0) is 8.55. The minimum atomic E-state index is 0. The Kier molecular flexibility index (Phi) is 3.80. The normalized spacial score (nSPS) is 16.1. The molecule has 1 aliphatic rings. The maximum Gasteiger partial charge on any atom is 0.0350 e. The van der Waals surface area contributed by atoms with Crippen LogP contribution in [0, 0.1) is 0 Å². The zero-order valence-corrected chi connectivity index (χ0v) is 10.4. The van der Waals surface area contributed by atoms with Gasteiger partial charge in [-0.2, -0.15) is 0 Å². The van der Waals surface area contributed by atoms with Crippen LogP contribution in [0.2, 0.25) is 0 Å². The molecule has 1 aliphatic heterocycles. The quantitative estimate of drug-likeness (QED) is 0.480. The molecule has 0 bridgehead atoms. The van der Waals surface area contributed by atoms with Gasteiger partial charge in [-0.15, -0.1) is 0 Å². The van der Waals surface area contributed by atoms with Gasteiger partial charge in [0.05, 0.1) is 0 Å². The van der Waals surface area contributed by atoms with Crippen LogP contribution < -0.4 is 5.73 Å². The van der Waals surface area contributed by atoms with Crippen molar-refractivity contribution in [2.24, 2.45) is 0 Å². The van der Waals surface area contributed by atoms with Crippen LogP contribution >= 0.6 is 0 Å². The van der Waals surface area contributed by atoms with Gasteiger partial charge < -0.3 is 10.6 Å². The molecule has 1 heterocycles. The Labute approximate surface area is 101 Å². The van der Waals surface area contributed by atoms with Gasteiger partial charge in [-0.25, -0.2) is 0 Å². The third kappa shape index (κ3) is 2.26. The predicted octanol–water partition coefficient (Wildman–Crippen LogP) is 0.876. The molecule has 3 heteroatoms. The Hall–Kier alpha value is -0.0200. The smallest absolute Gasteiger partial charge is 0.0350 e. The van der Waals surface area contributed by atoms with Gasteiger partial charge in [-0.05, 0) is 30.7 Å². The molecule has 0 spiro atoms. The fourth-order valence-electron chi connectivity index (χ4n) is 1.78. The standard InChI is InChI=1S/C10H14N2.Na/c1-12-6-5-9-8(7-12)3-2-4-10(9)11;/h2-4H,5-7,11H2,1H3;. The van der Waals surface area contributed by atoms with E-state index in [1.165, 1.54) is 11.1 Å². The summed E-state index contributed by atoms with van der Waals surface area (Å²) in [5.74, 6) is 0. The Morgan fingerprint density at radius 3 is 2.92 bits per heavy atom. The molecule has 0 saturated heterocycles. The van der Waals surface area contributed by atoms with Crippen molar-refractivity contribution in [3.63, 3.8) is 0 Å². The van der Waals surface area contributed by atoms with Crippen molar-refractivity contribution in [1.29, 1.82) is 0 Å². The van der Waals surface area contributed by atoms with Crippen molar-refractivity contribution in [2.75, 3.05) is 19.3 Å². The van der Waals surface area contributed by atoms with E-state index in [1.54, 1.807) is 0 Å². The number of fused-ring (bicyclic) bond motifs is 1. The third-order valence-electron chi connectivity index (χ3n) is 2.49. The molecule has 0 fully saturated rings. The van der Waals surface area contributed by atoms with Crippen LogP contribution in [0.15, 0.2) is 18.2 Å². The molecule has 13 heavy (non-hydrogen) atoms. The molecule has 1 aromatic rings. The number of hydrogen-bond donors (Lipinski definition) is 1. The van der Waals surface area contributed by atoms with E-state index in [9.17, 15) is 0 Å². The SMILES string of the molecule is CN1CCc2c(N)cccc2C1.[Na]. The van der Waals surface area contributed by atoms with Crippen LogP contribution in [0.4, 0.5) is 5.69 Å². The topological polar surface area (TPSA) is 29.3 Å². The molecule has 0 atom stereocenters. The number of anilines is 1. The van der Waals surface area contributed by atoms with Crippen LogP contribution in [0.25, 0.3) is 0 Å². The average Bonchev–Trinajstić information content (AvgIpc) is 2.04. The number of likely N-dealkylation sites (N-methyl/N-ethyl adjacent to an activating group) is 1. The molecule has 0 unspecified atom stereocenters. The summed E-state index contributed by atoms with van der Waals surface area (Å²) in [5, 5.41) is 0. The van der Waals surface area contributed by atoms with Gasteiger partial charge in [0.25, 0.3) is 0 Å². The predicted molar refractivity (Wildman–Crippen MR) is 56.6 cm³/mol. The zero-order valence-electron chi connectivity index (χ0n) is 8.38. The van der Waals surface area contributed by atoms with Crippen molar-refractivity contribution < 1.29 is 0 Å². The maximum atomic E-state index is 5.87. The second kappa shape index (κ2) is 4.47. The molecule has 2 N–H and O–H groups in total. The van der Waals surface area contributed by atoms with E-state index in [0.717, 1.165) is 25.2 Å². The number of nitrogen functional groups attached to an aromatic ring is 1. The molecule has 65 valence electrons. The van der Waals surface area contributed by atoms with Gasteiger partial charge in [0.2, 0.25) is 0 Å². The van der Waals surface area contributed by atoms with E-state index in [4.69, 9.17) is 5.73 Å². The molecule has 1 aromatic carbocycles. The second-order valence-electron chi connectivity index (χ2n) is 3.47. The van der Waals surface area contributed by atoms with E-state index >= 15 is 0 Å². The first kappa shape index (κ1) is 11.1. The largest absolute Gasteiger partial charge is 0.398 e. The van der Waals surface area contributed by atoms with Gasteiger partial charge in [-0.1, -0.05) is 12.1 Å². The number of benzene rings is 1. The Bertz CT molecular complexity index is 299. The van der Waals surface area contributed by atoms with E-state index in [2.05, 4.69) is 18.0 Å². The Balaban J connectivity index is 0.000000845. The number of hydrogen-bond acceptors (Lipinski definition) is 2. The van der Waals surface area contributed by atoms with Crippen LogP contribution in [-0.2, 0) is 13.0 Å². The first-order chi connectivity index (χ1) is 5.77. The fourth-order valence-corrected chi connectivity index (χ4v) is 1.78. The molecular formula is C10H14N2Na. The van der Waals surface area contributed by atoms with Crippen LogP contribution in [0.3, 0.4) is 0 Å².